The normalized spacial score (nSPS) is 45.7. The second kappa shape index (κ2) is 3.17. The smallest absolute Gasteiger partial charge is 0.222 e. The molecule has 4 bridgehead atoms. The summed E-state index contributed by atoms with van der Waals surface area (Å²) in [4.78, 5) is 0. The van der Waals surface area contributed by atoms with Gasteiger partial charge in [0.2, 0.25) is 11.8 Å². The first-order chi connectivity index (χ1) is 8.81. The molecule has 0 spiro atoms. The molecule has 0 radical (unpaired) electrons. The van der Waals surface area contributed by atoms with Gasteiger partial charge < -0.3 is 4.42 Å². The Kier molecular flexibility index (Phi) is 1.76. The quantitative estimate of drug-likeness (QED) is 0.800. The van der Waals surface area contributed by atoms with Crippen molar-refractivity contribution in [1.29, 1.82) is 0 Å². The average molecular weight is 244 g/mol. The molecule has 0 unspecified atom stereocenters. The third-order valence-electron chi connectivity index (χ3n) is 5.86. The van der Waals surface area contributed by atoms with Gasteiger partial charge in [-0.25, -0.2) is 0 Å². The molecule has 0 saturated heterocycles. The van der Waals surface area contributed by atoms with Crippen molar-refractivity contribution in [3.63, 3.8) is 0 Å². The van der Waals surface area contributed by atoms with Crippen LogP contribution in [0.2, 0.25) is 0 Å². The fourth-order valence-electron chi connectivity index (χ4n) is 5.32. The zero-order valence-corrected chi connectivity index (χ0v) is 10.8. The van der Waals surface area contributed by atoms with E-state index < -0.39 is 0 Å². The monoisotopic (exact) mass is 244 g/mol. The summed E-state index contributed by atoms with van der Waals surface area (Å²) in [6, 6.07) is 0. The summed E-state index contributed by atoms with van der Waals surface area (Å²) >= 11 is 0. The van der Waals surface area contributed by atoms with Crippen LogP contribution in [0.1, 0.15) is 69.1 Å². The van der Waals surface area contributed by atoms with Crippen molar-refractivity contribution in [1.82, 2.24) is 10.2 Å². The van der Waals surface area contributed by atoms with E-state index >= 15 is 0 Å². The largest absolute Gasteiger partial charge is 0.424 e. The molecule has 0 N–H and O–H groups in total. The Bertz CT molecular complexity index is 453. The lowest BCUT2D eigenvalue weighted by atomic mass is 9.49. The minimum Gasteiger partial charge on any atom is -0.424 e. The van der Waals surface area contributed by atoms with Crippen LogP contribution < -0.4 is 0 Å². The minimum atomic E-state index is 0.287. The Balaban J connectivity index is 1.53. The van der Waals surface area contributed by atoms with E-state index in [9.17, 15) is 0 Å². The van der Waals surface area contributed by atoms with Crippen LogP contribution in [0.15, 0.2) is 4.42 Å². The van der Waals surface area contributed by atoms with Gasteiger partial charge in [-0.2, -0.15) is 0 Å². The standard InChI is InChI=1S/C15H20N2O/c1-2-12(1)13-16-17-14(18-13)15-6-9-3-10(7-15)5-11(4-9)8-15/h9-12H,1-8H2. The van der Waals surface area contributed by atoms with E-state index in [4.69, 9.17) is 4.42 Å². The van der Waals surface area contributed by atoms with Crippen LogP contribution in [0, 0.1) is 17.8 Å². The molecule has 6 rings (SSSR count). The topological polar surface area (TPSA) is 38.9 Å². The van der Waals surface area contributed by atoms with Gasteiger partial charge in [-0.15, -0.1) is 10.2 Å². The van der Waals surface area contributed by atoms with E-state index in [1.807, 2.05) is 0 Å². The summed E-state index contributed by atoms with van der Waals surface area (Å²) in [5.74, 6) is 5.39. The molecule has 1 aromatic heterocycles. The summed E-state index contributed by atoms with van der Waals surface area (Å²) in [5.41, 5.74) is 0.287. The number of hydrogen-bond acceptors (Lipinski definition) is 3. The molecule has 0 aromatic carbocycles. The van der Waals surface area contributed by atoms with E-state index in [2.05, 4.69) is 10.2 Å². The van der Waals surface area contributed by atoms with Gasteiger partial charge in [-0.05, 0) is 69.1 Å². The summed E-state index contributed by atoms with van der Waals surface area (Å²) in [6.07, 6.45) is 10.9. The van der Waals surface area contributed by atoms with Crippen molar-refractivity contribution >= 4 is 0 Å². The van der Waals surface area contributed by atoms with Crippen molar-refractivity contribution in [3.8, 4) is 0 Å². The van der Waals surface area contributed by atoms with Gasteiger partial charge in [-0.3, -0.25) is 0 Å². The minimum absolute atomic E-state index is 0.287. The number of hydrogen-bond donors (Lipinski definition) is 0. The van der Waals surface area contributed by atoms with Crippen molar-refractivity contribution in [3.05, 3.63) is 11.8 Å². The number of rotatable bonds is 2. The highest BCUT2D eigenvalue weighted by atomic mass is 16.4. The van der Waals surface area contributed by atoms with Crippen LogP contribution in [0.4, 0.5) is 0 Å². The van der Waals surface area contributed by atoms with Crippen LogP contribution in [-0.2, 0) is 5.41 Å². The van der Waals surface area contributed by atoms with Gasteiger partial charge in [0.15, 0.2) is 0 Å². The maximum atomic E-state index is 6.07. The highest BCUT2D eigenvalue weighted by Gasteiger charge is 2.54. The first-order valence-electron chi connectivity index (χ1n) is 7.65. The average Bonchev–Trinajstić information content (AvgIpc) is 3.05. The summed E-state index contributed by atoms with van der Waals surface area (Å²) in [6.45, 7) is 0. The molecule has 96 valence electrons. The van der Waals surface area contributed by atoms with Gasteiger partial charge in [0.25, 0.3) is 0 Å². The zero-order chi connectivity index (χ0) is 11.7. The van der Waals surface area contributed by atoms with Crippen molar-refractivity contribution < 1.29 is 4.42 Å². The summed E-state index contributed by atoms with van der Waals surface area (Å²) in [5, 5.41) is 8.77. The third kappa shape index (κ3) is 1.31. The fraction of sp³-hybridized carbons (Fsp3) is 0.867. The predicted octanol–water partition coefficient (Wildman–Crippen LogP) is 3.41. The second-order valence-electron chi connectivity index (χ2n) is 7.42. The SMILES string of the molecule is C1C2CC3CC1CC(c1nnc(C4CC4)o1)(C2)C3. The highest BCUT2D eigenvalue weighted by Crippen LogP contribution is 2.60. The number of aromatic nitrogens is 2. The van der Waals surface area contributed by atoms with Crippen LogP contribution >= 0.6 is 0 Å². The second-order valence-corrected chi connectivity index (χ2v) is 7.42. The maximum Gasteiger partial charge on any atom is 0.222 e. The molecule has 0 atom stereocenters. The first-order valence-corrected chi connectivity index (χ1v) is 7.65. The Morgan fingerprint density at radius 2 is 1.50 bits per heavy atom. The molecule has 5 fully saturated rings. The van der Waals surface area contributed by atoms with Crippen LogP contribution in [-0.4, -0.2) is 10.2 Å². The lowest BCUT2D eigenvalue weighted by Gasteiger charge is -2.55. The van der Waals surface area contributed by atoms with Gasteiger partial charge in [0.1, 0.15) is 0 Å². The molecule has 3 nitrogen and oxygen atoms in total. The molecule has 1 aromatic rings. The molecular weight excluding hydrogens is 224 g/mol. The fourth-order valence-corrected chi connectivity index (χ4v) is 5.32. The predicted molar refractivity (Wildman–Crippen MR) is 66.1 cm³/mol. The molecule has 3 heteroatoms. The Hall–Kier alpha value is -0.860. The van der Waals surface area contributed by atoms with Gasteiger partial charge in [0, 0.05) is 11.3 Å². The lowest BCUT2D eigenvalue weighted by molar-refractivity contribution is -0.0182. The molecule has 0 aliphatic heterocycles. The molecule has 1 heterocycles. The van der Waals surface area contributed by atoms with E-state index in [0.29, 0.717) is 5.92 Å². The van der Waals surface area contributed by atoms with Crippen molar-refractivity contribution in [2.24, 2.45) is 17.8 Å². The Morgan fingerprint density at radius 1 is 0.889 bits per heavy atom. The molecule has 0 amide bonds. The van der Waals surface area contributed by atoms with Gasteiger partial charge in [-0.1, -0.05) is 0 Å². The third-order valence-corrected chi connectivity index (χ3v) is 5.86. The Morgan fingerprint density at radius 3 is 2.06 bits per heavy atom. The van der Waals surface area contributed by atoms with Crippen LogP contribution in [0.25, 0.3) is 0 Å². The van der Waals surface area contributed by atoms with E-state index in [1.165, 1.54) is 51.4 Å². The number of nitrogens with zero attached hydrogens (tertiary/aromatic N) is 2. The highest BCUT2D eigenvalue weighted by molar-refractivity contribution is 5.15. The zero-order valence-electron chi connectivity index (χ0n) is 10.8. The first kappa shape index (κ1) is 9.99. The molecule has 18 heavy (non-hydrogen) atoms. The summed E-state index contributed by atoms with van der Waals surface area (Å²) in [7, 11) is 0. The maximum absolute atomic E-state index is 6.07. The van der Waals surface area contributed by atoms with Crippen LogP contribution in [0.5, 0.6) is 0 Å². The van der Waals surface area contributed by atoms with Gasteiger partial charge >= 0.3 is 0 Å². The van der Waals surface area contributed by atoms with Crippen molar-refractivity contribution in [2.75, 3.05) is 0 Å². The van der Waals surface area contributed by atoms with Gasteiger partial charge in [0.05, 0.1) is 0 Å². The van der Waals surface area contributed by atoms with Crippen LogP contribution in [0.3, 0.4) is 0 Å². The van der Waals surface area contributed by atoms with E-state index in [-0.39, 0.29) is 5.41 Å². The molecule has 5 aliphatic rings. The molecular formula is C15H20N2O. The molecule has 5 aliphatic carbocycles. The summed E-state index contributed by atoms with van der Waals surface area (Å²) < 4.78 is 6.07. The Labute approximate surface area is 107 Å². The van der Waals surface area contributed by atoms with Crippen molar-refractivity contribution in [2.45, 2.75) is 62.7 Å². The van der Waals surface area contributed by atoms with E-state index in [1.54, 1.807) is 0 Å². The lowest BCUT2D eigenvalue weighted by Crippen LogP contribution is -2.48. The molecule has 5 saturated carbocycles. The van der Waals surface area contributed by atoms with E-state index in [0.717, 1.165) is 29.5 Å².